The van der Waals surface area contributed by atoms with Crippen molar-refractivity contribution >= 4 is 12.4 Å². The van der Waals surface area contributed by atoms with Gasteiger partial charge < -0.3 is 10.4 Å². The second-order valence-corrected chi connectivity index (χ2v) is 3.85. The van der Waals surface area contributed by atoms with Crippen LogP contribution in [0.25, 0.3) is 0 Å². The lowest BCUT2D eigenvalue weighted by molar-refractivity contribution is -0.0340. The number of nitrogens with one attached hydrogen (secondary N) is 1. The van der Waals surface area contributed by atoms with Crippen molar-refractivity contribution in [3.8, 4) is 0 Å². The fourth-order valence-corrected chi connectivity index (χ4v) is 2.14. The van der Waals surface area contributed by atoms with Crippen LogP contribution in [-0.4, -0.2) is 23.8 Å². The highest BCUT2D eigenvalue weighted by molar-refractivity contribution is 5.85. The molecular formula is C10H22ClNO. The van der Waals surface area contributed by atoms with Crippen LogP contribution < -0.4 is 5.32 Å². The van der Waals surface area contributed by atoms with Crippen LogP contribution in [0.2, 0.25) is 0 Å². The van der Waals surface area contributed by atoms with E-state index < -0.39 is 5.60 Å². The molecule has 1 aliphatic heterocycles. The third-order valence-electron chi connectivity index (χ3n) is 3.28. The maximum absolute atomic E-state index is 10.2. The van der Waals surface area contributed by atoms with Gasteiger partial charge in [0.05, 0.1) is 5.60 Å². The molecule has 13 heavy (non-hydrogen) atoms. The van der Waals surface area contributed by atoms with Crippen molar-refractivity contribution in [2.45, 2.75) is 45.1 Å². The molecule has 1 heterocycles. The van der Waals surface area contributed by atoms with Gasteiger partial charge in [-0.05, 0) is 32.2 Å². The fourth-order valence-electron chi connectivity index (χ4n) is 2.14. The maximum atomic E-state index is 10.2. The number of aliphatic hydroxyl groups is 1. The van der Waals surface area contributed by atoms with Crippen molar-refractivity contribution in [2.75, 3.05) is 13.1 Å². The monoisotopic (exact) mass is 207 g/mol. The van der Waals surface area contributed by atoms with E-state index in [0.717, 1.165) is 25.9 Å². The van der Waals surface area contributed by atoms with Crippen LogP contribution >= 0.6 is 12.4 Å². The van der Waals surface area contributed by atoms with Crippen LogP contribution in [0.4, 0.5) is 0 Å². The first-order valence-corrected chi connectivity index (χ1v) is 5.16. The minimum Gasteiger partial charge on any atom is -0.390 e. The van der Waals surface area contributed by atoms with Gasteiger partial charge in [-0.1, -0.05) is 13.8 Å². The van der Waals surface area contributed by atoms with Crippen LogP contribution in [0, 0.1) is 5.92 Å². The molecule has 3 heteroatoms. The van der Waals surface area contributed by atoms with Crippen molar-refractivity contribution in [2.24, 2.45) is 5.92 Å². The van der Waals surface area contributed by atoms with Gasteiger partial charge in [0.1, 0.15) is 0 Å². The van der Waals surface area contributed by atoms with Gasteiger partial charge in [0.15, 0.2) is 0 Å². The van der Waals surface area contributed by atoms with Crippen molar-refractivity contribution < 1.29 is 5.11 Å². The third kappa shape index (κ3) is 3.12. The van der Waals surface area contributed by atoms with E-state index in [-0.39, 0.29) is 12.4 Å². The van der Waals surface area contributed by atoms with E-state index >= 15 is 0 Å². The molecule has 1 saturated heterocycles. The lowest BCUT2D eigenvalue weighted by Gasteiger charge is -2.37. The van der Waals surface area contributed by atoms with Crippen molar-refractivity contribution in [1.29, 1.82) is 0 Å². The summed E-state index contributed by atoms with van der Waals surface area (Å²) in [6, 6.07) is 0. The second-order valence-electron chi connectivity index (χ2n) is 3.85. The van der Waals surface area contributed by atoms with Gasteiger partial charge in [0, 0.05) is 12.5 Å². The third-order valence-corrected chi connectivity index (χ3v) is 3.28. The van der Waals surface area contributed by atoms with Crippen LogP contribution in [-0.2, 0) is 0 Å². The summed E-state index contributed by atoms with van der Waals surface area (Å²) >= 11 is 0. The summed E-state index contributed by atoms with van der Waals surface area (Å²) in [5, 5.41) is 13.6. The summed E-state index contributed by atoms with van der Waals surface area (Å²) in [4.78, 5) is 0. The first kappa shape index (κ1) is 13.2. The number of halogens is 1. The zero-order valence-corrected chi connectivity index (χ0v) is 9.49. The molecule has 1 fully saturated rings. The Kier molecular flexibility index (Phi) is 5.93. The standard InChI is InChI=1S/C10H21NO.ClH/c1-3-10(12,4-2)9-6-5-7-11-8-9;/h9,11-12H,3-8H2,1-2H3;1H. The van der Waals surface area contributed by atoms with E-state index in [4.69, 9.17) is 0 Å². The van der Waals surface area contributed by atoms with Crippen molar-refractivity contribution in [1.82, 2.24) is 5.32 Å². The predicted octanol–water partition coefficient (Wildman–Crippen LogP) is 1.96. The van der Waals surface area contributed by atoms with E-state index in [1.54, 1.807) is 0 Å². The van der Waals surface area contributed by atoms with E-state index in [9.17, 15) is 5.11 Å². The molecule has 1 aliphatic rings. The Morgan fingerprint density at radius 2 is 2.00 bits per heavy atom. The van der Waals surface area contributed by atoms with Crippen molar-refractivity contribution in [3.63, 3.8) is 0 Å². The summed E-state index contributed by atoms with van der Waals surface area (Å²) in [5.74, 6) is 0.473. The topological polar surface area (TPSA) is 32.3 Å². The number of hydrogen-bond acceptors (Lipinski definition) is 2. The molecule has 0 aromatic rings. The van der Waals surface area contributed by atoms with Crippen LogP contribution in [0.5, 0.6) is 0 Å². The average molecular weight is 208 g/mol. The van der Waals surface area contributed by atoms with E-state index in [1.807, 2.05) is 0 Å². The van der Waals surface area contributed by atoms with Gasteiger partial charge in [0.25, 0.3) is 0 Å². The molecule has 0 radical (unpaired) electrons. The Bertz CT molecular complexity index is 131. The Morgan fingerprint density at radius 3 is 2.38 bits per heavy atom. The first-order valence-electron chi connectivity index (χ1n) is 5.16. The van der Waals surface area contributed by atoms with Gasteiger partial charge in [0.2, 0.25) is 0 Å². The number of hydrogen-bond donors (Lipinski definition) is 2. The van der Waals surface area contributed by atoms with E-state index in [1.165, 1.54) is 12.8 Å². The summed E-state index contributed by atoms with van der Waals surface area (Å²) in [6.07, 6.45) is 4.17. The largest absolute Gasteiger partial charge is 0.390 e. The molecule has 80 valence electrons. The molecule has 0 aromatic carbocycles. The molecule has 2 nitrogen and oxygen atoms in total. The van der Waals surface area contributed by atoms with Gasteiger partial charge in [-0.25, -0.2) is 0 Å². The van der Waals surface area contributed by atoms with Gasteiger partial charge in [-0.2, -0.15) is 0 Å². The average Bonchev–Trinajstić information content (AvgIpc) is 2.18. The molecule has 0 saturated carbocycles. The summed E-state index contributed by atoms with van der Waals surface area (Å²) in [5.41, 5.74) is -0.409. The highest BCUT2D eigenvalue weighted by Crippen LogP contribution is 2.29. The predicted molar refractivity (Wildman–Crippen MR) is 58.4 cm³/mol. The second kappa shape index (κ2) is 5.84. The van der Waals surface area contributed by atoms with E-state index in [0.29, 0.717) is 5.92 Å². The Balaban J connectivity index is 0.00000144. The van der Waals surface area contributed by atoms with Crippen LogP contribution in [0.15, 0.2) is 0 Å². The molecule has 0 aliphatic carbocycles. The van der Waals surface area contributed by atoms with Gasteiger partial charge in [-0.3, -0.25) is 0 Å². The minimum atomic E-state index is -0.409. The Labute approximate surface area is 87.5 Å². The summed E-state index contributed by atoms with van der Waals surface area (Å²) in [6.45, 7) is 6.29. The quantitative estimate of drug-likeness (QED) is 0.742. The zero-order chi connectivity index (χ0) is 9.03. The molecule has 0 bridgehead atoms. The van der Waals surface area contributed by atoms with E-state index in [2.05, 4.69) is 19.2 Å². The maximum Gasteiger partial charge on any atom is 0.0682 e. The summed E-state index contributed by atoms with van der Waals surface area (Å²) in [7, 11) is 0. The highest BCUT2D eigenvalue weighted by atomic mass is 35.5. The van der Waals surface area contributed by atoms with Crippen molar-refractivity contribution in [3.05, 3.63) is 0 Å². The number of piperidine rings is 1. The molecule has 1 rings (SSSR count). The lowest BCUT2D eigenvalue weighted by atomic mass is 9.79. The SMILES string of the molecule is CCC(O)(CC)C1CCCNC1.Cl. The molecule has 2 N–H and O–H groups in total. The lowest BCUT2D eigenvalue weighted by Crippen LogP contribution is -2.45. The van der Waals surface area contributed by atoms with Gasteiger partial charge >= 0.3 is 0 Å². The molecule has 1 atom stereocenters. The molecule has 0 aromatic heterocycles. The molecule has 0 spiro atoms. The normalized spacial score (nSPS) is 23.8. The molecule has 0 amide bonds. The smallest absolute Gasteiger partial charge is 0.0682 e. The molecule has 1 unspecified atom stereocenters. The molecular weight excluding hydrogens is 186 g/mol. The van der Waals surface area contributed by atoms with Crippen LogP contribution in [0.3, 0.4) is 0 Å². The van der Waals surface area contributed by atoms with Gasteiger partial charge in [-0.15, -0.1) is 12.4 Å². The highest BCUT2D eigenvalue weighted by Gasteiger charge is 2.33. The fraction of sp³-hybridized carbons (Fsp3) is 1.00. The Morgan fingerprint density at radius 1 is 1.38 bits per heavy atom. The minimum absolute atomic E-state index is 0. The summed E-state index contributed by atoms with van der Waals surface area (Å²) < 4.78 is 0. The van der Waals surface area contributed by atoms with Crippen LogP contribution in [0.1, 0.15) is 39.5 Å². The zero-order valence-electron chi connectivity index (χ0n) is 8.68. The first-order chi connectivity index (χ1) is 5.73. The number of rotatable bonds is 3. The Hall–Kier alpha value is 0.210.